The number of rotatable bonds is 0. The molecule has 0 saturated carbocycles. The molecule has 98 valence electrons. The van der Waals surface area contributed by atoms with Crippen LogP contribution in [0.5, 0.6) is 0 Å². The first-order chi connectivity index (χ1) is 7.73. The van der Waals surface area contributed by atoms with E-state index in [-0.39, 0.29) is 0 Å². The van der Waals surface area contributed by atoms with E-state index in [4.69, 9.17) is 9.79 Å². The van der Waals surface area contributed by atoms with Gasteiger partial charge in [-0.2, -0.15) is 23.5 Å². The summed E-state index contributed by atoms with van der Waals surface area (Å²) in [7, 11) is -2.12. The first-order valence-corrected chi connectivity index (χ1v) is 9.44. The molecule has 0 atom stereocenters. The number of hydrogen-bond donors (Lipinski definition) is 3. The summed E-state index contributed by atoms with van der Waals surface area (Å²) in [6.45, 7) is 0. The zero-order chi connectivity index (χ0) is 12.1. The van der Waals surface area contributed by atoms with Crippen LogP contribution in [0.25, 0.3) is 0 Å². The summed E-state index contributed by atoms with van der Waals surface area (Å²) in [4.78, 5) is 14.9. The van der Waals surface area contributed by atoms with Gasteiger partial charge in [0.2, 0.25) is 8.53 Å². The molecule has 0 radical (unpaired) electrons. The summed E-state index contributed by atoms with van der Waals surface area (Å²) in [6, 6.07) is 0. The van der Waals surface area contributed by atoms with Crippen LogP contribution >= 0.6 is 32.0 Å². The maximum absolute atomic E-state index is 7.45. The summed E-state index contributed by atoms with van der Waals surface area (Å²) in [5, 5.41) is 0. The van der Waals surface area contributed by atoms with Crippen molar-refractivity contribution in [2.75, 3.05) is 23.0 Å². The van der Waals surface area contributed by atoms with Crippen molar-refractivity contribution in [3.63, 3.8) is 0 Å². The number of thioether (sulfide) groups is 2. The molecule has 3 nitrogen and oxygen atoms in total. The van der Waals surface area contributed by atoms with E-state index in [1.54, 1.807) is 0 Å². The number of hydrogen-bond acceptors (Lipinski definition) is 5. The smallest absolute Gasteiger partial charge is 0.247 e. The third kappa shape index (κ3) is 17.4. The van der Waals surface area contributed by atoms with E-state index in [9.17, 15) is 0 Å². The van der Waals surface area contributed by atoms with Gasteiger partial charge in [0.1, 0.15) is 0 Å². The van der Waals surface area contributed by atoms with Gasteiger partial charge in [-0.25, -0.2) is 0 Å². The lowest BCUT2D eigenvalue weighted by Gasteiger charge is -2.05. The topological polar surface area (TPSA) is 66.5 Å². The van der Waals surface area contributed by atoms with Gasteiger partial charge in [0.25, 0.3) is 0 Å². The minimum absolute atomic E-state index is 1.42. The molecule has 2 heterocycles. The van der Waals surface area contributed by atoms with E-state index in [1.165, 1.54) is 61.5 Å². The van der Waals surface area contributed by atoms with Crippen molar-refractivity contribution in [1.82, 2.24) is 0 Å². The molecule has 2 saturated heterocycles. The third-order valence-electron chi connectivity index (χ3n) is 2.15. The normalized spacial score (nSPS) is 20.2. The minimum Gasteiger partial charge on any atom is -0.338 e. The lowest BCUT2D eigenvalue weighted by atomic mass is 10.3. The second-order valence-corrected chi connectivity index (χ2v) is 6.76. The van der Waals surface area contributed by atoms with Crippen LogP contribution in [0.1, 0.15) is 38.5 Å². The van der Waals surface area contributed by atoms with Gasteiger partial charge in [-0.1, -0.05) is 12.8 Å². The van der Waals surface area contributed by atoms with Crippen LogP contribution < -0.4 is 5.50 Å². The van der Waals surface area contributed by atoms with Crippen LogP contribution in [0, 0.1) is 0 Å². The summed E-state index contributed by atoms with van der Waals surface area (Å²) in [5.74, 6) is 5.67. The minimum atomic E-state index is -2.12. The molecule has 0 bridgehead atoms. The molecule has 0 aromatic rings. The van der Waals surface area contributed by atoms with Gasteiger partial charge in [-0.05, 0) is 48.7 Å². The van der Waals surface area contributed by atoms with Gasteiger partial charge >= 0.3 is 0 Å². The molecule has 0 amide bonds. The summed E-state index contributed by atoms with van der Waals surface area (Å²) < 4.78 is 0. The molecule has 2 rings (SSSR count). The zero-order valence-corrected chi connectivity index (χ0v) is 12.3. The SMILES string of the molecule is C1CCSCC1.C1CCSCC1.NP(O)O. The van der Waals surface area contributed by atoms with Crippen molar-refractivity contribution in [2.24, 2.45) is 5.50 Å². The summed E-state index contributed by atoms with van der Waals surface area (Å²) >= 11 is 4.19. The second-order valence-electron chi connectivity index (χ2n) is 3.67. The van der Waals surface area contributed by atoms with Gasteiger partial charge in [0.05, 0.1) is 0 Å². The fourth-order valence-electron chi connectivity index (χ4n) is 1.37. The van der Waals surface area contributed by atoms with Crippen LogP contribution in [-0.4, -0.2) is 32.8 Å². The molecular formula is C10H24NO2PS2. The van der Waals surface area contributed by atoms with Crippen LogP contribution in [0.3, 0.4) is 0 Å². The molecule has 0 aliphatic carbocycles. The van der Waals surface area contributed by atoms with Crippen LogP contribution in [0.2, 0.25) is 0 Å². The second kappa shape index (κ2) is 14.1. The lowest BCUT2D eigenvalue weighted by molar-refractivity contribution is 0.485. The van der Waals surface area contributed by atoms with Gasteiger partial charge in [0, 0.05) is 0 Å². The van der Waals surface area contributed by atoms with Gasteiger partial charge in [0.15, 0.2) is 0 Å². The largest absolute Gasteiger partial charge is 0.338 e. The average molecular weight is 285 g/mol. The Kier molecular flexibility index (Phi) is 15.0. The average Bonchev–Trinajstić information content (AvgIpc) is 2.34. The Morgan fingerprint density at radius 1 is 0.688 bits per heavy atom. The quantitative estimate of drug-likeness (QED) is 0.597. The fourth-order valence-corrected chi connectivity index (χ4v) is 3.42. The molecular weight excluding hydrogens is 261 g/mol. The van der Waals surface area contributed by atoms with Crippen molar-refractivity contribution in [2.45, 2.75) is 38.5 Å². The molecule has 2 aliphatic rings. The monoisotopic (exact) mass is 285 g/mol. The highest BCUT2D eigenvalue weighted by Gasteiger charge is 1.96. The maximum Gasteiger partial charge on any atom is 0.247 e. The molecule has 0 unspecified atom stereocenters. The standard InChI is InChI=1S/2C5H10S.H4NO2P/c2*1-2-4-6-5-3-1;1-4(2)3/h2*1-5H2;2-3H,1H2. The number of nitrogens with two attached hydrogens (primary N) is 1. The molecule has 4 N–H and O–H groups in total. The Bertz CT molecular complexity index is 96.2. The molecule has 6 heteroatoms. The summed E-state index contributed by atoms with van der Waals surface area (Å²) in [6.07, 6.45) is 8.81. The van der Waals surface area contributed by atoms with E-state index in [0.717, 1.165) is 0 Å². The Morgan fingerprint density at radius 3 is 1.00 bits per heavy atom. The Morgan fingerprint density at radius 2 is 0.938 bits per heavy atom. The molecule has 0 spiro atoms. The first kappa shape index (κ1) is 17.0. The first-order valence-electron chi connectivity index (χ1n) is 5.81. The molecule has 0 aromatic heterocycles. The van der Waals surface area contributed by atoms with Crippen molar-refractivity contribution in [1.29, 1.82) is 0 Å². The van der Waals surface area contributed by atoms with Crippen molar-refractivity contribution >= 4 is 32.0 Å². The van der Waals surface area contributed by atoms with Crippen LogP contribution in [0.4, 0.5) is 0 Å². The van der Waals surface area contributed by atoms with Gasteiger partial charge < -0.3 is 9.79 Å². The van der Waals surface area contributed by atoms with E-state index >= 15 is 0 Å². The Balaban J connectivity index is 0.000000217. The predicted octanol–water partition coefficient (Wildman–Crippen LogP) is 2.96. The van der Waals surface area contributed by atoms with E-state index in [1.807, 2.05) is 0 Å². The van der Waals surface area contributed by atoms with Crippen molar-refractivity contribution in [3.8, 4) is 0 Å². The molecule has 2 aliphatic heterocycles. The van der Waals surface area contributed by atoms with E-state index < -0.39 is 8.53 Å². The highest BCUT2D eigenvalue weighted by molar-refractivity contribution is 7.99. The highest BCUT2D eigenvalue weighted by Crippen LogP contribution is 2.15. The molecule has 0 aromatic carbocycles. The molecule has 2 fully saturated rings. The van der Waals surface area contributed by atoms with Crippen LogP contribution in [0.15, 0.2) is 0 Å². The summed E-state index contributed by atoms with van der Waals surface area (Å²) in [5.41, 5.74) is 4.29. The fraction of sp³-hybridized carbons (Fsp3) is 1.00. The predicted molar refractivity (Wildman–Crippen MR) is 77.9 cm³/mol. The third-order valence-corrected chi connectivity index (χ3v) is 4.46. The Labute approximate surface area is 109 Å². The van der Waals surface area contributed by atoms with Gasteiger partial charge in [-0.3, -0.25) is 5.50 Å². The van der Waals surface area contributed by atoms with E-state index in [0.29, 0.717) is 0 Å². The van der Waals surface area contributed by atoms with E-state index in [2.05, 4.69) is 29.0 Å². The van der Waals surface area contributed by atoms with Crippen molar-refractivity contribution < 1.29 is 9.79 Å². The molecule has 16 heavy (non-hydrogen) atoms. The Hall–Kier alpha value is 1.01. The van der Waals surface area contributed by atoms with Gasteiger partial charge in [-0.15, -0.1) is 0 Å². The highest BCUT2D eigenvalue weighted by atomic mass is 32.2. The van der Waals surface area contributed by atoms with Crippen molar-refractivity contribution in [3.05, 3.63) is 0 Å². The maximum atomic E-state index is 7.45. The zero-order valence-electron chi connectivity index (χ0n) is 9.81. The lowest BCUT2D eigenvalue weighted by Crippen LogP contribution is -1.91. The van der Waals surface area contributed by atoms with Crippen LogP contribution in [-0.2, 0) is 0 Å².